The van der Waals surface area contributed by atoms with Crippen molar-refractivity contribution in [1.29, 1.82) is 0 Å². The fraction of sp³-hybridized carbons (Fsp3) is 0.533. The van der Waals surface area contributed by atoms with Gasteiger partial charge >= 0.3 is 0 Å². The Labute approximate surface area is 119 Å². The molecule has 1 aliphatic heterocycles. The molecule has 5 heteroatoms. The normalized spacial score (nSPS) is 19.2. The zero-order valence-electron chi connectivity index (χ0n) is 12.3. The molecule has 0 aliphatic carbocycles. The molecule has 0 spiro atoms. The molecular formula is C15H22FN3O. The number of likely N-dealkylation sites (N-methyl/N-ethyl adjacent to an activating group) is 1. The minimum absolute atomic E-state index is 0.0969. The average Bonchev–Trinajstić information content (AvgIpc) is 2.46. The monoisotopic (exact) mass is 279 g/mol. The van der Waals surface area contributed by atoms with Crippen LogP contribution in [0.5, 0.6) is 0 Å². The Kier molecular flexibility index (Phi) is 4.60. The van der Waals surface area contributed by atoms with Crippen LogP contribution in [-0.4, -0.2) is 56.0 Å². The van der Waals surface area contributed by atoms with Crippen LogP contribution in [0.2, 0.25) is 0 Å². The zero-order chi connectivity index (χ0) is 14.7. The van der Waals surface area contributed by atoms with E-state index in [4.69, 9.17) is 0 Å². The third-order valence-electron chi connectivity index (χ3n) is 3.91. The molecule has 1 amide bonds. The highest BCUT2D eigenvalue weighted by Gasteiger charge is 2.27. The van der Waals surface area contributed by atoms with Gasteiger partial charge in [0, 0.05) is 26.2 Å². The van der Waals surface area contributed by atoms with Crippen LogP contribution >= 0.6 is 0 Å². The van der Waals surface area contributed by atoms with Crippen molar-refractivity contribution in [1.82, 2.24) is 9.80 Å². The van der Waals surface area contributed by atoms with E-state index in [1.165, 1.54) is 6.07 Å². The summed E-state index contributed by atoms with van der Waals surface area (Å²) >= 11 is 0. The van der Waals surface area contributed by atoms with Crippen LogP contribution in [0.4, 0.5) is 10.1 Å². The van der Waals surface area contributed by atoms with Gasteiger partial charge in [0.05, 0.1) is 11.3 Å². The van der Waals surface area contributed by atoms with E-state index >= 15 is 0 Å². The SMILES string of the molecule is CNc1c(F)cccc1C(=O)N1CCCC(N(C)C)C1. The molecule has 1 aromatic carbocycles. The first-order valence-electron chi connectivity index (χ1n) is 6.96. The van der Waals surface area contributed by atoms with Crippen LogP contribution in [0.3, 0.4) is 0 Å². The lowest BCUT2D eigenvalue weighted by molar-refractivity contribution is 0.0635. The number of piperidine rings is 1. The Balaban J connectivity index is 2.21. The number of hydrogen-bond donors (Lipinski definition) is 1. The van der Waals surface area contributed by atoms with Gasteiger partial charge in [0.2, 0.25) is 0 Å². The van der Waals surface area contributed by atoms with Gasteiger partial charge in [0.1, 0.15) is 5.82 Å². The lowest BCUT2D eigenvalue weighted by atomic mass is 10.0. The lowest BCUT2D eigenvalue weighted by Crippen LogP contribution is -2.47. The van der Waals surface area contributed by atoms with Crippen molar-refractivity contribution in [3.63, 3.8) is 0 Å². The minimum atomic E-state index is -0.389. The molecule has 0 saturated carbocycles. The van der Waals surface area contributed by atoms with Crippen molar-refractivity contribution in [2.24, 2.45) is 0 Å². The quantitative estimate of drug-likeness (QED) is 0.919. The van der Waals surface area contributed by atoms with Crippen LogP contribution in [-0.2, 0) is 0 Å². The molecule has 1 fully saturated rings. The zero-order valence-corrected chi connectivity index (χ0v) is 12.3. The summed E-state index contributed by atoms with van der Waals surface area (Å²) < 4.78 is 13.7. The third-order valence-corrected chi connectivity index (χ3v) is 3.91. The van der Waals surface area contributed by atoms with E-state index in [-0.39, 0.29) is 17.4 Å². The maximum atomic E-state index is 13.7. The van der Waals surface area contributed by atoms with E-state index in [0.29, 0.717) is 18.2 Å². The number of nitrogens with zero attached hydrogens (tertiary/aromatic N) is 2. The molecule has 0 radical (unpaired) electrons. The topological polar surface area (TPSA) is 35.6 Å². The van der Waals surface area contributed by atoms with E-state index in [2.05, 4.69) is 10.2 Å². The van der Waals surface area contributed by atoms with Crippen molar-refractivity contribution in [3.8, 4) is 0 Å². The summed E-state index contributed by atoms with van der Waals surface area (Å²) in [5.74, 6) is -0.486. The number of carbonyl (C=O) groups is 1. The highest BCUT2D eigenvalue weighted by atomic mass is 19.1. The van der Waals surface area contributed by atoms with Gasteiger partial charge in [-0.2, -0.15) is 0 Å². The maximum Gasteiger partial charge on any atom is 0.256 e. The van der Waals surface area contributed by atoms with Crippen molar-refractivity contribution in [3.05, 3.63) is 29.6 Å². The summed E-state index contributed by atoms with van der Waals surface area (Å²) in [5, 5.41) is 2.78. The predicted molar refractivity (Wildman–Crippen MR) is 78.6 cm³/mol. The first-order valence-corrected chi connectivity index (χ1v) is 6.96. The van der Waals surface area contributed by atoms with Gasteiger partial charge in [0.25, 0.3) is 5.91 Å². The summed E-state index contributed by atoms with van der Waals surface area (Å²) in [6, 6.07) is 4.99. The second kappa shape index (κ2) is 6.22. The van der Waals surface area contributed by atoms with Crippen LogP contribution in [0.25, 0.3) is 0 Å². The number of para-hydroxylation sites is 1. The second-order valence-electron chi connectivity index (χ2n) is 5.42. The molecule has 0 bridgehead atoms. The fourth-order valence-electron chi connectivity index (χ4n) is 2.69. The fourth-order valence-corrected chi connectivity index (χ4v) is 2.69. The molecule has 1 N–H and O–H groups in total. The second-order valence-corrected chi connectivity index (χ2v) is 5.42. The first-order chi connectivity index (χ1) is 9.54. The van der Waals surface area contributed by atoms with Gasteiger partial charge in [-0.1, -0.05) is 6.07 Å². The van der Waals surface area contributed by atoms with Gasteiger partial charge in [0.15, 0.2) is 0 Å². The standard InChI is InChI=1S/C15H22FN3O/c1-17-14-12(7-4-8-13(14)16)15(20)19-9-5-6-11(10-19)18(2)3/h4,7-8,11,17H,5-6,9-10H2,1-3H3. The minimum Gasteiger partial charge on any atom is -0.385 e. The molecule has 1 unspecified atom stereocenters. The third kappa shape index (κ3) is 2.93. The molecule has 2 rings (SSSR count). The number of rotatable bonds is 3. The van der Waals surface area contributed by atoms with Crippen molar-refractivity contribution in [2.75, 3.05) is 39.5 Å². The maximum absolute atomic E-state index is 13.7. The number of nitrogens with one attached hydrogen (secondary N) is 1. The van der Waals surface area contributed by atoms with Gasteiger partial charge < -0.3 is 15.1 Å². The Bertz CT molecular complexity index is 490. The van der Waals surface area contributed by atoms with Gasteiger partial charge in [-0.05, 0) is 39.1 Å². The number of benzene rings is 1. The number of likely N-dealkylation sites (tertiary alicyclic amines) is 1. The van der Waals surface area contributed by atoms with Crippen molar-refractivity contribution in [2.45, 2.75) is 18.9 Å². The molecule has 20 heavy (non-hydrogen) atoms. The molecule has 1 saturated heterocycles. The number of amides is 1. The van der Waals surface area contributed by atoms with E-state index in [1.54, 1.807) is 19.2 Å². The Morgan fingerprint density at radius 1 is 1.45 bits per heavy atom. The summed E-state index contributed by atoms with van der Waals surface area (Å²) in [4.78, 5) is 16.6. The van der Waals surface area contributed by atoms with Gasteiger partial charge in [-0.25, -0.2) is 4.39 Å². The molecule has 4 nitrogen and oxygen atoms in total. The average molecular weight is 279 g/mol. The lowest BCUT2D eigenvalue weighted by Gasteiger charge is -2.36. The largest absolute Gasteiger partial charge is 0.385 e. The van der Waals surface area contributed by atoms with Crippen LogP contribution < -0.4 is 5.32 Å². The smallest absolute Gasteiger partial charge is 0.256 e. The van der Waals surface area contributed by atoms with Crippen LogP contribution in [0.15, 0.2) is 18.2 Å². The summed E-state index contributed by atoms with van der Waals surface area (Å²) in [6.07, 6.45) is 2.08. The van der Waals surface area contributed by atoms with Crippen molar-refractivity contribution >= 4 is 11.6 Å². The van der Waals surface area contributed by atoms with E-state index in [1.807, 2.05) is 19.0 Å². The molecular weight excluding hydrogens is 257 g/mol. The molecule has 1 aliphatic rings. The predicted octanol–water partition coefficient (Wildman–Crippen LogP) is 2.03. The van der Waals surface area contributed by atoms with Gasteiger partial charge in [-0.15, -0.1) is 0 Å². The number of carbonyl (C=O) groups excluding carboxylic acids is 1. The van der Waals surface area contributed by atoms with Gasteiger partial charge in [-0.3, -0.25) is 4.79 Å². The summed E-state index contributed by atoms with van der Waals surface area (Å²) in [5.41, 5.74) is 0.691. The summed E-state index contributed by atoms with van der Waals surface area (Å²) in [7, 11) is 5.69. The molecule has 1 aromatic rings. The van der Waals surface area contributed by atoms with Crippen LogP contribution in [0, 0.1) is 5.82 Å². The number of anilines is 1. The molecule has 110 valence electrons. The molecule has 1 atom stereocenters. The highest BCUT2D eigenvalue weighted by Crippen LogP contribution is 2.23. The van der Waals surface area contributed by atoms with E-state index in [9.17, 15) is 9.18 Å². The Morgan fingerprint density at radius 3 is 2.85 bits per heavy atom. The molecule has 1 heterocycles. The Morgan fingerprint density at radius 2 is 2.20 bits per heavy atom. The Hall–Kier alpha value is -1.62. The number of hydrogen-bond acceptors (Lipinski definition) is 3. The summed E-state index contributed by atoms with van der Waals surface area (Å²) in [6.45, 7) is 1.44. The van der Waals surface area contributed by atoms with Crippen LogP contribution in [0.1, 0.15) is 23.2 Å². The number of halogens is 1. The van der Waals surface area contributed by atoms with E-state index in [0.717, 1.165) is 19.4 Å². The first kappa shape index (κ1) is 14.8. The van der Waals surface area contributed by atoms with E-state index < -0.39 is 0 Å². The molecule has 0 aromatic heterocycles. The highest BCUT2D eigenvalue weighted by molar-refractivity contribution is 5.99. The van der Waals surface area contributed by atoms with Crippen molar-refractivity contribution < 1.29 is 9.18 Å².